The lowest BCUT2D eigenvalue weighted by atomic mass is 10.3. The monoisotopic (exact) mass is 355 g/mol. The van der Waals surface area contributed by atoms with Crippen molar-refractivity contribution in [1.82, 2.24) is 4.98 Å². The lowest BCUT2D eigenvalue weighted by molar-refractivity contribution is -0.113. The van der Waals surface area contributed by atoms with Gasteiger partial charge in [-0.15, -0.1) is 11.8 Å². The highest BCUT2D eigenvalue weighted by Crippen LogP contribution is 2.25. The van der Waals surface area contributed by atoms with Crippen molar-refractivity contribution in [3.8, 4) is 0 Å². The van der Waals surface area contributed by atoms with Crippen LogP contribution >= 0.6 is 27.7 Å². The van der Waals surface area contributed by atoms with Gasteiger partial charge in [0.15, 0.2) is 0 Å². The number of nitrogens with one attached hydrogen (secondary N) is 1. The Bertz CT molecular complexity index is 622. The number of anilines is 2. The number of halogens is 2. The van der Waals surface area contributed by atoms with Crippen molar-refractivity contribution >= 4 is 45.1 Å². The third-order valence-corrected chi connectivity index (χ3v) is 3.87. The molecule has 0 fully saturated rings. The van der Waals surface area contributed by atoms with Crippen molar-refractivity contribution in [3.63, 3.8) is 0 Å². The number of rotatable bonds is 4. The second-order valence-electron chi connectivity index (χ2n) is 3.88. The van der Waals surface area contributed by atoms with Crippen molar-refractivity contribution in [1.29, 1.82) is 0 Å². The Kier molecular flexibility index (Phi) is 4.97. The summed E-state index contributed by atoms with van der Waals surface area (Å²) in [6, 6.07) is 7.53. The summed E-state index contributed by atoms with van der Waals surface area (Å²) < 4.78 is 13.9. The third-order valence-electron chi connectivity index (χ3n) is 2.33. The Hall–Kier alpha value is -1.60. The van der Waals surface area contributed by atoms with Crippen LogP contribution in [0.5, 0.6) is 0 Å². The first-order valence-corrected chi connectivity index (χ1v) is 7.41. The Labute approximate surface area is 128 Å². The molecule has 104 valence electrons. The minimum Gasteiger partial charge on any atom is -0.398 e. The molecule has 1 aromatic heterocycles. The predicted molar refractivity (Wildman–Crippen MR) is 82.1 cm³/mol. The molecule has 0 bridgehead atoms. The summed E-state index contributed by atoms with van der Waals surface area (Å²) in [5.74, 6) is -0.0121. The van der Waals surface area contributed by atoms with Gasteiger partial charge in [0, 0.05) is 21.3 Å². The topological polar surface area (TPSA) is 68.0 Å². The summed E-state index contributed by atoms with van der Waals surface area (Å²) in [6.07, 6.45) is 1.59. The first-order chi connectivity index (χ1) is 9.54. The first-order valence-electron chi connectivity index (χ1n) is 5.64. The molecule has 0 aliphatic carbocycles. The highest BCUT2D eigenvalue weighted by atomic mass is 79.9. The predicted octanol–water partition coefficient (Wildman–Crippen LogP) is 3.30. The Morgan fingerprint density at radius 2 is 2.20 bits per heavy atom. The first kappa shape index (κ1) is 14.8. The van der Waals surface area contributed by atoms with E-state index in [0.29, 0.717) is 16.4 Å². The number of thioether (sulfide) groups is 1. The molecule has 4 nitrogen and oxygen atoms in total. The van der Waals surface area contributed by atoms with E-state index in [1.807, 2.05) is 0 Å². The Morgan fingerprint density at radius 1 is 1.40 bits per heavy atom. The number of hydrogen-bond donors (Lipinski definition) is 2. The van der Waals surface area contributed by atoms with E-state index in [2.05, 4.69) is 26.2 Å². The van der Waals surface area contributed by atoms with Crippen LogP contribution in [0, 0.1) is 5.82 Å². The van der Waals surface area contributed by atoms with Crippen molar-refractivity contribution in [3.05, 3.63) is 46.8 Å². The number of amides is 1. The molecular formula is C13H11BrFN3OS. The van der Waals surface area contributed by atoms with Crippen LogP contribution in [0.2, 0.25) is 0 Å². The van der Waals surface area contributed by atoms with Gasteiger partial charge < -0.3 is 11.1 Å². The molecule has 0 saturated carbocycles. The zero-order chi connectivity index (χ0) is 14.5. The van der Waals surface area contributed by atoms with Crippen molar-refractivity contribution in [2.75, 3.05) is 16.8 Å². The number of nitrogens with zero attached hydrogens (tertiary/aromatic N) is 1. The standard InChI is InChI=1S/C13H11BrFN3OS/c14-8-1-4-12(17-6-8)18-13(19)7-20-11-5-9(15)2-3-10(11)16/h1-6H,7,16H2,(H,17,18,19). The van der Waals surface area contributed by atoms with Gasteiger partial charge in [-0.1, -0.05) is 0 Å². The molecule has 0 radical (unpaired) electrons. The maximum absolute atomic E-state index is 13.1. The second-order valence-corrected chi connectivity index (χ2v) is 5.81. The number of benzene rings is 1. The highest BCUT2D eigenvalue weighted by Gasteiger charge is 2.07. The maximum atomic E-state index is 13.1. The maximum Gasteiger partial charge on any atom is 0.235 e. The molecule has 0 aliphatic rings. The van der Waals surface area contributed by atoms with Gasteiger partial charge in [0.1, 0.15) is 11.6 Å². The molecule has 7 heteroatoms. The number of carbonyl (C=O) groups excluding carboxylic acids is 1. The van der Waals surface area contributed by atoms with E-state index >= 15 is 0 Å². The van der Waals surface area contributed by atoms with Gasteiger partial charge >= 0.3 is 0 Å². The van der Waals surface area contributed by atoms with Gasteiger partial charge in [0.25, 0.3) is 0 Å². The summed E-state index contributed by atoms with van der Waals surface area (Å²) in [5.41, 5.74) is 6.16. The quantitative estimate of drug-likeness (QED) is 0.652. The molecular weight excluding hydrogens is 345 g/mol. The molecule has 1 heterocycles. The van der Waals surface area contributed by atoms with Crippen LogP contribution in [-0.2, 0) is 4.79 Å². The number of hydrogen-bond acceptors (Lipinski definition) is 4. The third kappa shape index (κ3) is 4.21. The molecule has 1 aromatic carbocycles. The average molecular weight is 356 g/mol. The molecule has 0 aliphatic heterocycles. The minimum atomic E-state index is -0.378. The summed E-state index contributed by atoms with van der Waals surface area (Å²) >= 11 is 4.44. The van der Waals surface area contributed by atoms with Crippen LogP contribution in [0.3, 0.4) is 0 Å². The van der Waals surface area contributed by atoms with E-state index in [4.69, 9.17) is 5.73 Å². The molecule has 0 atom stereocenters. The molecule has 0 unspecified atom stereocenters. The Balaban J connectivity index is 1.92. The van der Waals surface area contributed by atoms with Gasteiger partial charge in [0.2, 0.25) is 5.91 Å². The minimum absolute atomic E-state index is 0.130. The zero-order valence-corrected chi connectivity index (χ0v) is 12.7. The molecule has 0 saturated heterocycles. The van der Waals surface area contributed by atoms with Crippen LogP contribution in [0.4, 0.5) is 15.9 Å². The highest BCUT2D eigenvalue weighted by molar-refractivity contribution is 9.10. The van der Waals surface area contributed by atoms with Gasteiger partial charge in [-0.05, 0) is 46.3 Å². The number of nitrogen functional groups attached to an aromatic ring is 1. The number of nitrogens with two attached hydrogens (primary N) is 1. The molecule has 20 heavy (non-hydrogen) atoms. The van der Waals surface area contributed by atoms with Gasteiger partial charge in [-0.3, -0.25) is 4.79 Å². The fraction of sp³-hybridized carbons (Fsp3) is 0.0769. The number of carbonyl (C=O) groups is 1. The molecule has 2 rings (SSSR count). The Morgan fingerprint density at radius 3 is 2.90 bits per heavy atom. The van der Waals surface area contributed by atoms with Gasteiger partial charge in [0.05, 0.1) is 5.75 Å². The van der Waals surface area contributed by atoms with Crippen LogP contribution in [-0.4, -0.2) is 16.6 Å². The largest absolute Gasteiger partial charge is 0.398 e. The summed E-state index contributed by atoms with van der Waals surface area (Å²) in [5, 5.41) is 2.65. The summed E-state index contributed by atoms with van der Waals surface area (Å²) in [7, 11) is 0. The van der Waals surface area contributed by atoms with Crippen LogP contribution in [0.1, 0.15) is 0 Å². The lowest BCUT2D eigenvalue weighted by Crippen LogP contribution is -2.15. The van der Waals surface area contributed by atoms with E-state index in [0.717, 1.165) is 4.47 Å². The molecule has 2 aromatic rings. The van der Waals surface area contributed by atoms with E-state index in [9.17, 15) is 9.18 Å². The van der Waals surface area contributed by atoms with Crippen molar-refractivity contribution in [2.45, 2.75) is 4.90 Å². The fourth-order valence-electron chi connectivity index (χ4n) is 1.41. The fourth-order valence-corrected chi connectivity index (χ4v) is 2.43. The molecule has 0 spiro atoms. The van der Waals surface area contributed by atoms with Crippen molar-refractivity contribution in [2.24, 2.45) is 0 Å². The van der Waals surface area contributed by atoms with Crippen LogP contribution in [0.25, 0.3) is 0 Å². The SMILES string of the molecule is Nc1ccc(F)cc1SCC(=O)Nc1ccc(Br)cn1. The lowest BCUT2D eigenvalue weighted by Gasteiger charge is -2.06. The second kappa shape index (κ2) is 6.71. The van der Waals surface area contributed by atoms with E-state index < -0.39 is 0 Å². The molecule has 1 amide bonds. The smallest absolute Gasteiger partial charge is 0.235 e. The summed E-state index contributed by atoms with van der Waals surface area (Å²) in [6.45, 7) is 0. The zero-order valence-electron chi connectivity index (χ0n) is 10.3. The molecule has 3 N–H and O–H groups in total. The van der Waals surface area contributed by atoms with Crippen LogP contribution < -0.4 is 11.1 Å². The average Bonchev–Trinajstić information content (AvgIpc) is 2.42. The van der Waals surface area contributed by atoms with Crippen LogP contribution in [0.15, 0.2) is 45.9 Å². The normalized spacial score (nSPS) is 10.3. The number of aromatic nitrogens is 1. The van der Waals surface area contributed by atoms with E-state index in [1.54, 1.807) is 18.3 Å². The van der Waals surface area contributed by atoms with Crippen molar-refractivity contribution < 1.29 is 9.18 Å². The van der Waals surface area contributed by atoms with Gasteiger partial charge in [-0.25, -0.2) is 9.37 Å². The summed E-state index contributed by atoms with van der Waals surface area (Å²) in [4.78, 5) is 16.3. The number of pyridine rings is 1. The van der Waals surface area contributed by atoms with Gasteiger partial charge in [-0.2, -0.15) is 0 Å². The van der Waals surface area contributed by atoms with E-state index in [1.165, 1.54) is 30.0 Å². The van der Waals surface area contributed by atoms with E-state index in [-0.39, 0.29) is 17.5 Å².